The lowest BCUT2D eigenvalue weighted by atomic mass is 10.1. The van der Waals surface area contributed by atoms with Gasteiger partial charge in [-0.15, -0.1) is 5.92 Å². The fraction of sp³-hybridized carbons (Fsp3) is 0.207. The van der Waals surface area contributed by atoms with Gasteiger partial charge in [-0.05, 0) is 60.5 Å². The number of aliphatic carboxylic acids is 1. The lowest BCUT2D eigenvalue weighted by Crippen LogP contribution is -2.42. The number of nitrogens with zero attached hydrogens (tertiary/aromatic N) is 1. The molecule has 1 atom stereocenters. The van der Waals surface area contributed by atoms with Gasteiger partial charge in [0.15, 0.2) is 0 Å². The minimum Gasteiger partial charge on any atom is -0.497 e. The summed E-state index contributed by atoms with van der Waals surface area (Å²) in [5.74, 6) is 5.27. The molecule has 0 bridgehead atoms. The maximum atomic E-state index is 13.1. The van der Waals surface area contributed by atoms with Crippen molar-refractivity contribution in [2.75, 3.05) is 13.7 Å². The van der Waals surface area contributed by atoms with Gasteiger partial charge in [0.2, 0.25) is 10.0 Å². The molecule has 0 aliphatic heterocycles. The molecule has 9 heteroatoms. The van der Waals surface area contributed by atoms with E-state index < -0.39 is 22.0 Å². The van der Waals surface area contributed by atoms with Gasteiger partial charge < -0.3 is 19.1 Å². The maximum absolute atomic E-state index is 13.1. The van der Waals surface area contributed by atoms with Crippen molar-refractivity contribution in [1.29, 1.82) is 0 Å². The normalized spacial score (nSPS) is 11.9. The second-order valence-corrected chi connectivity index (χ2v) is 10.3. The molecule has 8 nitrogen and oxygen atoms in total. The van der Waals surface area contributed by atoms with Gasteiger partial charge in [0.1, 0.15) is 24.1 Å². The van der Waals surface area contributed by atoms with Crippen molar-refractivity contribution >= 4 is 26.9 Å². The highest BCUT2D eigenvalue weighted by Crippen LogP contribution is 2.28. The van der Waals surface area contributed by atoms with Crippen molar-refractivity contribution in [1.82, 2.24) is 9.29 Å². The summed E-state index contributed by atoms with van der Waals surface area (Å²) in [5, 5.41) is 10.7. The molecule has 4 rings (SSSR count). The minimum absolute atomic E-state index is 0.0586. The summed E-state index contributed by atoms with van der Waals surface area (Å²) < 4.78 is 41.3. The summed E-state index contributed by atoms with van der Waals surface area (Å²) in [6, 6.07) is 19.8. The number of fused-ring (bicyclic) bond motifs is 1. The Balaban J connectivity index is 1.61. The standard InChI is InChI=1S/C29H28N2O6S/c1-3-4-16-37-23-10-13-25(14-11-23)38(34,35)30-27(29(32)33)17-22-20-31(19-21-8-6-5-7-9-21)28-15-12-24(36-2)18-26(22)28/h5-15,18,20,27,30H,16-17,19H2,1-2H3,(H,32,33). The van der Waals surface area contributed by atoms with E-state index in [0.29, 0.717) is 23.6 Å². The van der Waals surface area contributed by atoms with Crippen molar-refractivity contribution in [2.45, 2.75) is 30.8 Å². The quantitative estimate of drug-likeness (QED) is 0.282. The van der Waals surface area contributed by atoms with Crippen LogP contribution < -0.4 is 14.2 Å². The highest BCUT2D eigenvalue weighted by molar-refractivity contribution is 7.89. The first kappa shape index (κ1) is 26.8. The first-order valence-electron chi connectivity index (χ1n) is 11.9. The summed E-state index contributed by atoms with van der Waals surface area (Å²) in [6.07, 6.45) is 1.81. The third-order valence-electron chi connectivity index (χ3n) is 6.01. The second kappa shape index (κ2) is 11.9. The summed E-state index contributed by atoms with van der Waals surface area (Å²) >= 11 is 0. The minimum atomic E-state index is -4.12. The van der Waals surface area contributed by atoms with Gasteiger partial charge in [0, 0.05) is 30.1 Å². The Hall–Kier alpha value is -4.26. The molecule has 1 aromatic heterocycles. The van der Waals surface area contributed by atoms with Crippen LogP contribution in [0.2, 0.25) is 0 Å². The van der Waals surface area contributed by atoms with Crippen LogP contribution in [0.15, 0.2) is 83.9 Å². The Morgan fingerprint density at radius 2 is 1.76 bits per heavy atom. The summed E-state index contributed by atoms with van der Waals surface area (Å²) in [5.41, 5.74) is 2.65. The Morgan fingerprint density at radius 3 is 2.42 bits per heavy atom. The van der Waals surface area contributed by atoms with Crippen LogP contribution in [0.3, 0.4) is 0 Å². The number of hydrogen-bond donors (Lipinski definition) is 2. The molecule has 3 aromatic carbocycles. The molecule has 0 saturated heterocycles. The number of ether oxygens (including phenoxy) is 2. The second-order valence-electron chi connectivity index (χ2n) is 8.55. The molecule has 0 fully saturated rings. The Bertz CT molecular complexity index is 1580. The molecule has 0 aliphatic carbocycles. The largest absolute Gasteiger partial charge is 0.497 e. The van der Waals surface area contributed by atoms with Gasteiger partial charge in [-0.2, -0.15) is 4.72 Å². The molecular formula is C29H28N2O6S. The molecule has 0 radical (unpaired) electrons. The van der Waals surface area contributed by atoms with Crippen molar-refractivity contribution < 1.29 is 27.8 Å². The number of sulfonamides is 1. The monoisotopic (exact) mass is 532 g/mol. The van der Waals surface area contributed by atoms with E-state index in [9.17, 15) is 18.3 Å². The van der Waals surface area contributed by atoms with Crippen LogP contribution in [0, 0.1) is 11.8 Å². The molecule has 38 heavy (non-hydrogen) atoms. The van der Waals surface area contributed by atoms with E-state index >= 15 is 0 Å². The number of hydrogen-bond acceptors (Lipinski definition) is 5. The van der Waals surface area contributed by atoms with E-state index in [0.717, 1.165) is 16.5 Å². The Kier molecular flexibility index (Phi) is 8.36. The Labute approximate surface area is 221 Å². The van der Waals surface area contributed by atoms with Gasteiger partial charge in [0.05, 0.1) is 12.0 Å². The van der Waals surface area contributed by atoms with Crippen molar-refractivity contribution in [3.05, 3.63) is 90.1 Å². The van der Waals surface area contributed by atoms with Crippen LogP contribution in [-0.4, -0.2) is 43.8 Å². The smallest absolute Gasteiger partial charge is 0.322 e. The van der Waals surface area contributed by atoms with Crippen molar-refractivity contribution in [3.63, 3.8) is 0 Å². The molecule has 0 saturated carbocycles. The first-order chi connectivity index (χ1) is 18.3. The lowest BCUT2D eigenvalue weighted by Gasteiger charge is -2.15. The average molecular weight is 533 g/mol. The topological polar surface area (TPSA) is 107 Å². The molecule has 2 N–H and O–H groups in total. The molecule has 4 aromatic rings. The molecule has 196 valence electrons. The molecule has 0 amide bonds. The zero-order chi connectivity index (χ0) is 27.1. The van der Waals surface area contributed by atoms with Gasteiger partial charge in [-0.3, -0.25) is 4.79 Å². The SMILES string of the molecule is CC#CCOc1ccc(S(=O)(=O)NC(Cc2cn(Cc3ccccc3)c3ccc(OC)cc23)C(=O)O)cc1. The number of carbonyl (C=O) groups is 1. The Morgan fingerprint density at radius 1 is 1.05 bits per heavy atom. The van der Waals surface area contributed by atoms with Crippen LogP contribution in [0.25, 0.3) is 10.9 Å². The fourth-order valence-electron chi connectivity index (χ4n) is 4.11. The van der Waals surface area contributed by atoms with E-state index in [1.54, 1.807) is 14.0 Å². The predicted octanol–water partition coefficient (Wildman–Crippen LogP) is 4.07. The van der Waals surface area contributed by atoms with E-state index in [1.807, 2.05) is 59.3 Å². The van der Waals surface area contributed by atoms with Crippen LogP contribution in [0.5, 0.6) is 11.5 Å². The van der Waals surface area contributed by atoms with Crippen LogP contribution >= 0.6 is 0 Å². The van der Waals surface area contributed by atoms with Gasteiger partial charge in [-0.1, -0.05) is 36.3 Å². The number of aromatic nitrogens is 1. The number of nitrogens with one attached hydrogen (secondary N) is 1. The molecule has 0 aliphatic rings. The number of carboxylic acids is 1. The molecule has 1 unspecified atom stereocenters. The van der Waals surface area contributed by atoms with Crippen LogP contribution in [0.1, 0.15) is 18.1 Å². The number of benzene rings is 3. The zero-order valence-corrected chi connectivity index (χ0v) is 21.9. The van der Waals surface area contributed by atoms with Crippen LogP contribution in [-0.2, 0) is 27.8 Å². The maximum Gasteiger partial charge on any atom is 0.322 e. The summed E-state index contributed by atoms with van der Waals surface area (Å²) in [6.45, 7) is 2.46. The van der Waals surface area contributed by atoms with Crippen molar-refractivity contribution in [3.8, 4) is 23.3 Å². The van der Waals surface area contributed by atoms with Gasteiger partial charge in [-0.25, -0.2) is 8.42 Å². The van der Waals surface area contributed by atoms with Crippen molar-refractivity contribution in [2.24, 2.45) is 0 Å². The number of carboxylic acid groups (broad SMARTS) is 1. The first-order valence-corrected chi connectivity index (χ1v) is 13.4. The highest BCUT2D eigenvalue weighted by Gasteiger charge is 2.27. The fourth-order valence-corrected chi connectivity index (χ4v) is 5.30. The molecule has 0 spiro atoms. The van der Waals surface area contributed by atoms with E-state index in [4.69, 9.17) is 9.47 Å². The lowest BCUT2D eigenvalue weighted by molar-refractivity contribution is -0.138. The summed E-state index contributed by atoms with van der Waals surface area (Å²) in [7, 11) is -2.56. The van der Waals surface area contributed by atoms with Gasteiger partial charge >= 0.3 is 5.97 Å². The summed E-state index contributed by atoms with van der Waals surface area (Å²) in [4.78, 5) is 12.1. The average Bonchev–Trinajstić information content (AvgIpc) is 3.25. The predicted molar refractivity (Wildman–Crippen MR) is 145 cm³/mol. The highest BCUT2D eigenvalue weighted by atomic mass is 32.2. The molecule has 1 heterocycles. The van der Waals surface area contributed by atoms with Gasteiger partial charge in [0.25, 0.3) is 0 Å². The van der Waals surface area contributed by atoms with E-state index in [-0.39, 0.29) is 17.9 Å². The third kappa shape index (κ3) is 6.35. The van der Waals surface area contributed by atoms with Crippen LogP contribution in [0.4, 0.5) is 0 Å². The van der Waals surface area contributed by atoms with E-state index in [2.05, 4.69) is 16.6 Å². The van der Waals surface area contributed by atoms with E-state index in [1.165, 1.54) is 24.3 Å². The third-order valence-corrected chi connectivity index (χ3v) is 7.50. The number of methoxy groups -OCH3 is 1. The zero-order valence-electron chi connectivity index (χ0n) is 21.0. The molecular weight excluding hydrogens is 504 g/mol. The number of rotatable bonds is 11.